The van der Waals surface area contributed by atoms with Crippen molar-refractivity contribution in [1.29, 1.82) is 0 Å². The van der Waals surface area contributed by atoms with Gasteiger partial charge in [-0.2, -0.15) is 0 Å². The van der Waals surface area contributed by atoms with Crippen molar-refractivity contribution >= 4 is 5.91 Å². The molecule has 1 aliphatic heterocycles. The van der Waals surface area contributed by atoms with Gasteiger partial charge in [-0.25, -0.2) is 5.84 Å². The highest BCUT2D eigenvalue weighted by atomic mass is 16.5. The predicted molar refractivity (Wildman–Crippen MR) is 75.4 cm³/mol. The van der Waals surface area contributed by atoms with Crippen molar-refractivity contribution in [3.8, 4) is 5.75 Å². The van der Waals surface area contributed by atoms with Gasteiger partial charge >= 0.3 is 0 Å². The fourth-order valence-electron chi connectivity index (χ4n) is 2.17. The van der Waals surface area contributed by atoms with Crippen molar-refractivity contribution < 1.29 is 14.3 Å². The van der Waals surface area contributed by atoms with Crippen molar-refractivity contribution in [3.05, 3.63) is 29.8 Å². The lowest BCUT2D eigenvalue weighted by Gasteiger charge is -2.30. The van der Waals surface area contributed by atoms with Gasteiger partial charge < -0.3 is 9.47 Å². The Morgan fingerprint density at radius 3 is 2.90 bits per heavy atom. The lowest BCUT2D eigenvalue weighted by molar-refractivity contribution is -0.0214. The van der Waals surface area contributed by atoms with E-state index in [4.69, 9.17) is 15.3 Å². The smallest absolute Gasteiger partial charge is 0.265 e. The summed E-state index contributed by atoms with van der Waals surface area (Å²) >= 11 is 0. The summed E-state index contributed by atoms with van der Waals surface area (Å²) in [5.41, 5.74) is 2.61. The minimum atomic E-state index is -0.307. The van der Waals surface area contributed by atoms with Crippen molar-refractivity contribution in [2.75, 3.05) is 32.8 Å². The second kappa shape index (κ2) is 7.23. The highest BCUT2D eigenvalue weighted by molar-refractivity contribution is 5.93. The maximum Gasteiger partial charge on any atom is 0.265 e. The fraction of sp³-hybridized carbons (Fsp3) is 0.500. The van der Waals surface area contributed by atoms with Gasteiger partial charge in [-0.1, -0.05) is 0 Å². The van der Waals surface area contributed by atoms with Crippen LogP contribution in [0, 0.1) is 0 Å². The van der Waals surface area contributed by atoms with Crippen LogP contribution in [-0.4, -0.2) is 49.8 Å². The van der Waals surface area contributed by atoms with E-state index in [0.29, 0.717) is 12.2 Å². The molecular formula is C14H21N3O3. The number of rotatable bonds is 5. The van der Waals surface area contributed by atoms with Gasteiger partial charge in [-0.05, 0) is 31.2 Å². The largest absolute Gasteiger partial charge is 0.492 e. The monoisotopic (exact) mass is 279 g/mol. The Balaban J connectivity index is 1.75. The number of nitrogens with two attached hydrogens (primary N) is 1. The van der Waals surface area contributed by atoms with Crippen LogP contribution < -0.4 is 16.0 Å². The van der Waals surface area contributed by atoms with Crippen LogP contribution in [-0.2, 0) is 4.74 Å². The number of nitrogens with zero attached hydrogens (tertiary/aromatic N) is 1. The molecule has 6 heteroatoms. The van der Waals surface area contributed by atoms with Crippen LogP contribution >= 0.6 is 0 Å². The average molecular weight is 279 g/mol. The number of nitrogens with one attached hydrogen (secondary N) is 1. The first-order chi connectivity index (χ1) is 9.69. The summed E-state index contributed by atoms with van der Waals surface area (Å²) in [4.78, 5) is 13.6. The normalized spacial score (nSPS) is 19.6. The molecule has 0 bridgehead atoms. The van der Waals surface area contributed by atoms with Gasteiger partial charge in [0.15, 0.2) is 0 Å². The van der Waals surface area contributed by atoms with E-state index in [0.717, 1.165) is 32.0 Å². The molecule has 1 atom stereocenters. The van der Waals surface area contributed by atoms with E-state index in [1.54, 1.807) is 24.3 Å². The molecule has 0 aromatic heterocycles. The maximum absolute atomic E-state index is 11.3. The number of nitrogen functional groups attached to an aromatic ring is 1. The highest BCUT2D eigenvalue weighted by Crippen LogP contribution is 2.12. The molecule has 1 saturated heterocycles. The van der Waals surface area contributed by atoms with Gasteiger partial charge in [0, 0.05) is 25.2 Å². The molecule has 1 aliphatic rings. The van der Waals surface area contributed by atoms with Crippen molar-refractivity contribution in [3.63, 3.8) is 0 Å². The molecule has 2 rings (SSSR count). The molecule has 6 nitrogen and oxygen atoms in total. The Hall–Kier alpha value is -1.63. The fourth-order valence-corrected chi connectivity index (χ4v) is 2.17. The standard InChI is InChI=1S/C14H21N3O3/c1-11-10-17(6-8-19-11)7-9-20-13-4-2-12(3-5-13)14(18)16-15/h2-5,11H,6-10,15H2,1H3,(H,16,18). The Labute approximate surface area is 118 Å². The third-order valence-electron chi connectivity index (χ3n) is 3.25. The molecule has 1 amide bonds. The summed E-state index contributed by atoms with van der Waals surface area (Å²) in [7, 11) is 0. The van der Waals surface area contributed by atoms with Crippen molar-refractivity contribution in [1.82, 2.24) is 10.3 Å². The van der Waals surface area contributed by atoms with Crippen LogP contribution in [0.4, 0.5) is 0 Å². The lowest BCUT2D eigenvalue weighted by atomic mass is 10.2. The highest BCUT2D eigenvalue weighted by Gasteiger charge is 2.15. The van der Waals surface area contributed by atoms with Gasteiger partial charge in [-0.15, -0.1) is 0 Å². The molecule has 110 valence electrons. The zero-order valence-corrected chi connectivity index (χ0v) is 11.7. The van der Waals surface area contributed by atoms with E-state index in [2.05, 4.69) is 17.2 Å². The van der Waals surface area contributed by atoms with Gasteiger partial charge in [0.1, 0.15) is 12.4 Å². The number of hydrogen-bond donors (Lipinski definition) is 2. The number of carbonyl (C=O) groups is 1. The van der Waals surface area contributed by atoms with Crippen molar-refractivity contribution in [2.45, 2.75) is 13.0 Å². The van der Waals surface area contributed by atoms with Crippen molar-refractivity contribution in [2.24, 2.45) is 5.84 Å². The van der Waals surface area contributed by atoms with E-state index < -0.39 is 0 Å². The number of hydrazine groups is 1. The first-order valence-corrected chi connectivity index (χ1v) is 6.77. The van der Waals surface area contributed by atoms with Crippen LogP contribution in [0.3, 0.4) is 0 Å². The average Bonchev–Trinajstić information content (AvgIpc) is 2.47. The van der Waals surface area contributed by atoms with Crippen LogP contribution in [0.15, 0.2) is 24.3 Å². The summed E-state index contributed by atoms with van der Waals surface area (Å²) in [6, 6.07) is 6.92. The summed E-state index contributed by atoms with van der Waals surface area (Å²) in [6.45, 7) is 6.24. The van der Waals surface area contributed by atoms with E-state index in [-0.39, 0.29) is 12.0 Å². The first kappa shape index (κ1) is 14.8. The number of amides is 1. The SMILES string of the molecule is CC1CN(CCOc2ccc(C(=O)NN)cc2)CCO1. The molecule has 0 radical (unpaired) electrons. The zero-order chi connectivity index (χ0) is 14.4. The third kappa shape index (κ3) is 4.19. The minimum Gasteiger partial charge on any atom is -0.492 e. The Morgan fingerprint density at radius 1 is 1.50 bits per heavy atom. The molecule has 1 aromatic rings. The second-order valence-electron chi connectivity index (χ2n) is 4.83. The molecule has 1 heterocycles. The molecule has 1 fully saturated rings. The minimum absolute atomic E-state index is 0.290. The number of ether oxygens (including phenoxy) is 2. The number of carbonyl (C=O) groups excluding carboxylic acids is 1. The van der Waals surface area contributed by atoms with E-state index in [1.807, 2.05) is 0 Å². The van der Waals surface area contributed by atoms with Gasteiger partial charge in [0.05, 0.1) is 12.7 Å². The predicted octanol–water partition coefficient (Wildman–Crippen LogP) is 0.390. The van der Waals surface area contributed by atoms with Gasteiger partial charge in [0.2, 0.25) is 0 Å². The molecule has 1 aromatic carbocycles. The molecule has 0 aliphatic carbocycles. The van der Waals surface area contributed by atoms with E-state index in [1.165, 1.54) is 0 Å². The molecular weight excluding hydrogens is 258 g/mol. The molecule has 1 unspecified atom stereocenters. The summed E-state index contributed by atoms with van der Waals surface area (Å²) in [6.07, 6.45) is 0.290. The number of hydrogen-bond acceptors (Lipinski definition) is 5. The van der Waals surface area contributed by atoms with Crippen LogP contribution in [0.2, 0.25) is 0 Å². The molecule has 0 saturated carbocycles. The number of benzene rings is 1. The molecule has 0 spiro atoms. The maximum atomic E-state index is 11.3. The van der Waals surface area contributed by atoms with Crippen LogP contribution in [0.25, 0.3) is 0 Å². The second-order valence-corrected chi connectivity index (χ2v) is 4.83. The van der Waals surface area contributed by atoms with Crippen LogP contribution in [0.1, 0.15) is 17.3 Å². The van der Waals surface area contributed by atoms with E-state index in [9.17, 15) is 4.79 Å². The van der Waals surface area contributed by atoms with Gasteiger partial charge in [0.25, 0.3) is 5.91 Å². The quantitative estimate of drug-likeness (QED) is 0.463. The lowest BCUT2D eigenvalue weighted by Crippen LogP contribution is -2.42. The summed E-state index contributed by atoms with van der Waals surface area (Å²) in [5, 5.41) is 0. The Bertz CT molecular complexity index is 436. The topological polar surface area (TPSA) is 76.8 Å². The van der Waals surface area contributed by atoms with Crippen LogP contribution in [0.5, 0.6) is 5.75 Å². The summed E-state index contributed by atoms with van der Waals surface area (Å²) in [5.74, 6) is 5.51. The van der Waals surface area contributed by atoms with E-state index >= 15 is 0 Å². The molecule has 3 N–H and O–H groups in total. The Morgan fingerprint density at radius 2 is 2.25 bits per heavy atom. The number of morpholine rings is 1. The van der Waals surface area contributed by atoms with Gasteiger partial charge in [-0.3, -0.25) is 15.1 Å². The molecule has 20 heavy (non-hydrogen) atoms. The first-order valence-electron chi connectivity index (χ1n) is 6.77. The third-order valence-corrected chi connectivity index (χ3v) is 3.25. The zero-order valence-electron chi connectivity index (χ0n) is 11.7. The summed E-state index contributed by atoms with van der Waals surface area (Å²) < 4.78 is 11.2. The Kier molecular flexibility index (Phi) is 5.34.